The van der Waals surface area contributed by atoms with Crippen LogP contribution in [0.25, 0.3) is 0 Å². The van der Waals surface area contributed by atoms with E-state index in [9.17, 15) is 13.2 Å². The van der Waals surface area contributed by atoms with Gasteiger partial charge >= 0.3 is 5.97 Å². The minimum absolute atomic E-state index is 0.245. The fraction of sp³-hybridized carbons (Fsp3) is 0.917. The lowest BCUT2D eigenvalue weighted by atomic mass is 10.2. The van der Waals surface area contributed by atoms with Gasteiger partial charge in [-0.05, 0) is 13.3 Å². The van der Waals surface area contributed by atoms with Gasteiger partial charge in [-0.1, -0.05) is 13.3 Å². The van der Waals surface area contributed by atoms with Crippen molar-refractivity contribution in [1.82, 2.24) is 13.9 Å². The average molecular weight is 307 g/mol. The van der Waals surface area contributed by atoms with Gasteiger partial charge in [-0.15, -0.1) is 0 Å². The molecule has 1 fully saturated rings. The molecule has 1 heterocycles. The van der Waals surface area contributed by atoms with Crippen molar-refractivity contribution < 1.29 is 17.9 Å². The summed E-state index contributed by atoms with van der Waals surface area (Å²) in [5.74, 6) is -0.493. The molecule has 7 nitrogen and oxygen atoms in total. The molecule has 1 N–H and O–H groups in total. The fourth-order valence-electron chi connectivity index (χ4n) is 2.08. The van der Waals surface area contributed by atoms with Crippen LogP contribution >= 0.6 is 0 Å². The molecule has 0 amide bonds. The Morgan fingerprint density at radius 1 is 1.45 bits per heavy atom. The van der Waals surface area contributed by atoms with E-state index in [0.29, 0.717) is 19.6 Å². The van der Waals surface area contributed by atoms with Crippen LogP contribution in [0.15, 0.2) is 0 Å². The molecule has 0 aromatic rings. The Bertz CT molecular complexity index is 413. The first kappa shape index (κ1) is 17.4. The maximum Gasteiger partial charge on any atom is 0.325 e. The first-order valence-electron chi connectivity index (χ1n) is 7.05. The topological polar surface area (TPSA) is 79.0 Å². The molecule has 1 saturated heterocycles. The van der Waals surface area contributed by atoms with Gasteiger partial charge in [-0.3, -0.25) is 4.79 Å². The molecule has 0 aromatic carbocycles. The number of ether oxygens (including phenoxy) is 1. The number of hydrogen-bond donors (Lipinski definition) is 1. The van der Waals surface area contributed by atoms with Crippen LogP contribution in [-0.4, -0.2) is 68.9 Å². The smallest absolute Gasteiger partial charge is 0.325 e. The molecule has 1 aliphatic heterocycles. The summed E-state index contributed by atoms with van der Waals surface area (Å²) in [5, 5.41) is 3.03. The molecule has 1 unspecified atom stereocenters. The third-order valence-electron chi connectivity index (χ3n) is 3.27. The van der Waals surface area contributed by atoms with E-state index >= 15 is 0 Å². The Hall–Kier alpha value is -0.700. The van der Waals surface area contributed by atoms with E-state index in [-0.39, 0.29) is 13.2 Å². The summed E-state index contributed by atoms with van der Waals surface area (Å²) in [7, 11) is -2.07. The van der Waals surface area contributed by atoms with Crippen LogP contribution in [-0.2, 0) is 19.7 Å². The van der Waals surface area contributed by atoms with Gasteiger partial charge in [0.05, 0.1) is 6.61 Å². The van der Waals surface area contributed by atoms with Gasteiger partial charge in [0.1, 0.15) is 6.04 Å². The van der Waals surface area contributed by atoms with E-state index < -0.39 is 22.2 Å². The Labute approximate surface area is 121 Å². The van der Waals surface area contributed by atoms with Crippen LogP contribution < -0.4 is 5.32 Å². The lowest BCUT2D eigenvalue weighted by Gasteiger charge is -2.35. The van der Waals surface area contributed by atoms with Crippen LogP contribution in [0.5, 0.6) is 0 Å². The second-order valence-electron chi connectivity index (χ2n) is 4.77. The van der Waals surface area contributed by atoms with Crippen LogP contribution in [0.1, 0.15) is 26.7 Å². The second-order valence-corrected chi connectivity index (χ2v) is 6.75. The zero-order valence-electron chi connectivity index (χ0n) is 12.5. The second kappa shape index (κ2) is 7.92. The standard InChI is InChI=1S/C12H25N3O4S/c1-4-6-8-14(3)20(17,18)15-9-7-13-10-11(15)12(16)19-5-2/h11,13H,4-10H2,1-3H3. The van der Waals surface area contributed by atoms with Crippen molar-refractivity contribution in [3.63, 3.8) is 0 Å². The molecular formula is C12H25N3O4S. The number of carbonyl (C=O) groups excluding carboxylic acids is 1. The minimum atomic E-state index is -3.62. The number of piperazine rings is 1. The zero-order valence-corrected chi connectivity index (χ0v) is 13.3. The van der Waals surface area contributed by atoms with Crippen molar-refractivity contribution in [2.24, 2.45) is 0 Å². The molecule has 118 valence electrons. The summed E-state index contributed by atoms with van der Waals surface area (Å²) in [5.41, 5.74) is 0. The van der Waals surface area contributed by atoms with E-state index in [4.69, 9.17) is 4.74 Å². The molecule has 0 aromatic heterocycles. The average Bonchev–Trinajstić information content (AvgIpc) is 2.44. The van der Waals surface area contributed by atoms with Crippen molar-refractivity contribution in [3.05, 3.63) is 0 Å². The largest absolute Gasteiger partial charge is 0.465 e. The Kier molecular flexibility index (Phi) is 6.87. The molecule has 0 bridgehead atoms. The number of nitrogens with zero attached hydrogens (tertiary/aromatic N) is 2. The third kappa shape index (κ3) is 4.15. The van der Waals surface area contributed by atoms with Gasteiger partial charge in [-0.25, -0.2) is 0 Å². The summed E-state index contributed by atoms with van der Waals surface area (Å²) in [6, 6.07) is -0.780. The Morgan fingerprint density at radius 2 is 2.15 bits per heavy atom. The Morgan fingerprint density at radius 3 is 2.75 bits per heavy atom. The van der Waals surface area contributed by atoms with Gasteiger partial charge in [0.15, 0.2) is 0 Å². The van der Waals surface area contributed by atoms with Crippen LogP contribution in [0.3, 0.4) is 0 Å². The predicted molar refractivity (Wildman–Crippen MR) is 76.5 cm³/mol. The maximum atomic E-state index is 12.5. The molecular weight excluding hydrogens is 282 g/mol. The van der Waals surface area contributed by atoms with Crippen LogP contribution in [0.4, 0.5) is 0 Å². The van der Waals surface area contributed by atoms with Crippen molar-refractivity contribution >= 4 is 16.2 Å². The molecule has 1 aliphatic rings. The van der Waals surface area contributed by atoms with Gasteiger partial charge in [0, 0.05) is 33.2 Å². The van der Waals surface area contributed by atoms with Gasteiger partial charge in [0.2, 0.25) is 0 Å². The Balaban J connectivity index is 2.85. The van der Waals surface area contributed by atoms with Crippen molar-refractivity contribution in [2.45, 2.75) is 32.7 Å². The molecule has 1 atom stereocenters. The molecule has 0 spiro atoms. The number of rotatable bonds is 7. The zero-order chi connectivity index (χ0) is 15.2. The van der Waals surface area contributed by atoms with Crippen LogP contribution in [0, 0.1) is 0 Å². The molecule has 1 rings (SSSR count). The highest BCUT2D eigenvalue weighted by Gasteiger charge is 2.39. The molecule has 0 radical (unpaired) electrons. The van der Waals surface area contributed by atoms with Crippen molar-refractivity contribution in [3.8, 4) is 0 Å². The monoisotopic (exact) mass is 307 g/mol. The number of nitrogens with one attached hydrogen (secondary N) is 1. The van der Waals surface area contributed by atoms with Crippen molar-refractivity contribution in [1.29, 1.82) is 0 Å². The van der Waals surface area contributed by atoms with Gasteiger partial charge in [-0.2, -0.15) is 17.0 Å². The lowest BCUT2D eigenvalue weighted by Crippen LogP contribution is -2.59. The van der Waals surface area contributed by atoms with E-state index in [0.717, 1.165) is 12.8 Å². The summed E-state index contributed by atoms with van der Waals surface area (Å²) >= 11 is 0. The quantitative estimate of drug-likeness (QED) is 0.659. The van der Waals surface area contributed by atoms with E-state index in [1.54, 1.807) is 14.0 Å². The summed E-state index contributed by atoms with van der Waals surface area (Å²) in [6.07, 6.45) is 1.72. The summed E-state index contributed by atoms with van der Waals surface area (Å²) in [6.45, 7) is 5.53. The first-order valence-corrected chi connectivity index (χ1v) is 8.45. The number of esters is 1. The van der Waals surface area contributed by atoms with E-state index in [1.165, 1.54) is 8.61 Å². The third-order valence-corrected chi connectivity index (χ3v) is 5.27. The molecule has 8 heteroatoms. The van der Waals surface area contributed by atoms with E-state index in [1.807, 2.05) is 6.92 Å². The predicted octanol–water partition coefficient (Wildman–Crippen LogP) is -0.200. The van der Waals surface area contributed by atoms with E-state index in [2.05, 4.69) is 5.32 Å². The minimum Gasteiger partial charge on any atom is -0.465 e. The highest BCUT2D eigenvalue weighted by molar-refractivity contribution is 7.86. The SMILES string of the molecule is CCCCN(C)S(=O)(=O)N1CCNCC1C(=O)OCC. The fourth-order valence-corrected chi connectivity index (χ4v) is 3.60. The van der Waals surface area contributed by atoms with Gasteiger partial charge < -0.3 is 10.1 Å². The van der Waals surface area contributed by atoms with Crippen molar-refractivity contribution in [2.75, 3.05) is 39.8 Å². The maximum absolute atomic E-state index is 12.5. The highest BCUT2D eigenvalue weighted by atomic mass is 32.2. The normalized spacial score (nSPS) is 21.1. The number of unbranched alkanes of at least 4 members (excludes halogenated alkanes) is 1. The highest BCUT2D eigenvalue weighted by Crippen LogP contribution is 2.15. The summed E-state index contributed by atoms with van der Waals surface area (Å²) < 4.78 is 32.6. The number of hydrogen-bond acceptors (Lipinski definition) is 5. The molecule has 20 heavy (non-hydrogen) atoms. The van der Waals surface area contributed by atoms with Gasteiger partial charge in [0.25, 0.3) is 10.2 Å². The lowest BCUT2D eigenvalue weighted by molar-refractivity contribution is -0.148. The first-order chi connectivity index (χ1) is 9.45. The molecule has 0 aliphatic carbocycles. The number of carbonyl (C=O) groups is 1. The van der Waals surface area contributed by atoms with Crippen LogP contribution in [0.2, 0.25) is 0 Å². The summed E-state index contributed by atoms with van der Waals surface area (Å²) in [4.78, 5) is 11.9. The molecule has 0 saturated carbocycles.